The van der Waals surface area contributed by atoms with Gasteiger partial charge in [-0.3, -0.25) is 24.3 Å². The quantitative estimate of drug-likeness (QED) is 0.712. The van der Waals surface area contributed by atoms with E-state index in [-0.39, 0.29) is 23.9 Å². The second kappa shape index (κ2) is 8.77. The van der Waals surface area contributed by atoms with E-state index in [2.05, 4.69) is 10.3 Å². The number of hydrogen-bond acceptors (Lipinski definition) is 5. The van der Waals surface area contributed by atoms with Crippen LogP contribution in [-0.4, -0.2) is 40.0 Å². The Morgan fingerprint density at radius 3 is 2.75 bits per heavy atom. The topological polar surface area (TPSA) is 79.4 Å². The molecule has 1 fully saturated rings. The van der Waals surface area contributed by atoms with Crippen molar-refractivity contribution in [1.82, 2.24) is 15.2 Å². The summed E-state index contributed by atoms with van der Waals surface area (Å²) in [7, 11) is 0. The molecule has 6 nitrogen and oxygen atoms in total. The number of benzene rings is 1. The molecule has 144 valence electrons. The molecule has 0 atom stereocenters. The van der Waals surface area contributed by atoms with Crippen LogP contribution in [0.2, 0.25) is 10.0 Å². The molecule has 1 saturated heterocycles. The summed E-state index contributed by atoms with van der Waals surface area (Å²) in [6.45, 7) is 2.03. The van der Waals surface area contributed by atoms with Crippen molar-refractivity contribution in [2.75, 3.05) is 13.1 Å². The first-order valence-electron chi connectivity index (χ1n) is 8.27. The number of thioether (sulfide) groups is 1. The van der Waals surface area contributed by atoms with Gasteiger partial charge in [-0.2, -0.15) is 0 Å². The van der Waals surface area contributed by atoms with Gasteiger partial charge in [-0.1, -0.05) is 35.3 Å². The number of hydrogen-bond donors (Lipinski definition) is 1. The zero-order chi connectivity index (χ0) is 20.3. The molecule has 3 rings (SSSR count). The average molecular weight is 436 g/mol. The number of imide groups is 1. The maximum Gasteiger partial charge on any atom is 0.293 e. The van der Waals surface area contributed by atoms with Crippen LogP contribution in [0.15, 0.2) is 41.4 Å². The van der Waals surface area contributed by atoms with E-state index in [0.717, 1.165) is 22.4 Å². The van der Waals surface area contributed by atoms with Crippen molar-refractivity contribution in [1.29, 1.82) is 0 Å². The zero-order valence-electron chi connectivity index (χ0n) is 14.7. The third-order valence-corrected chi connectivity index (χ3v) is 5.68. The molecule has 28 heavy (non-hydrogen) atoms. The second-order valence-electron chi connectivity index (χ2n) is 5.92. The van der Waals surface area contributed by atoms with Crippen LogP contribution < -0.4 is 5.32 Å². The highest BCUT2D eigenvalue weighted by molar-refractivity contribution is 8.18. The number of halogens is 2. The Hall–Kier alpha value is -2.35. The van der Waals surface area contributed by atoms with Crippen LogP contribution >= 0.6 is 35.0 Å². The van der Waals surface area contributed by atoms with Crippen LogP contribution in [-0.2, 0) is 4.79 Å². The molecule has 0 aliphatic carbocycles. The summed E-state index contributed by atoms with van der Waals surface area (Å²) >= 11 is 12.9. The number of amides is 3. The Kier molecular flexibility index (Phi) is 6.39. The molecule has 0 unspecified atom stereocenters. The number of nitrogens with zero attached hydrogens (tertiary/aromatic N) is 2. The molecule has 2 heterocycles. The normalized spacial score (nSPS) is 15.4. The van der Waals surface area contributed by atoms with E-state index in [1.165, 1.54) is 12.3 Å². The molecule has 0 saturated carbocycles. The van der Waals surface area contributed by atoms with Crippen molar-refractivity contribution >= 4 is 58.1 Å². The predicted molar refractivity (Wildman–Crippen MR) is 110 cm³/mol. The molecular formula is C19H15Cl2N3O3S. The number of aromatic nitrogens is 1. The van der Waals surface area contributed by atoms with Gasteiger partial charge in [0.1, 0.15) is 0 Å². The summed E-state index contributed by atoms with van der Waals surface area (Å²) in [5, 5.41) is 2.95. The fourth-order valence-electron chi connectivity index (χ4n) is 2.45. The van der Waals surface area contributed by atoms with Crippen LogP contribution in [0.25, 0.3) is 6.08 Å². The first-order valence-corrected chi connectivity index (χ1v) is 9.84. The summed E-state index contributed by atoms with van der Waals surface area (Å²) in [6.07, 6.45) is 3.01. The van der Waals surface area contributed by atoms with E-state index < -0.39 is 11.1 Å². The van der Waals surface area contributed by atoms with Crippen LogP contribution in [0.5, 0.6) is 0 Å². The monoisotopic (exact) mass is 435 g/mol. The molecule has 3 amide bonds. The number of carbonyl (C=O) groups excluding carboxylic acids is 3. The number of nitrogens with one attached hydrogen (secondary N) is 1. The van der Waals surface area contributed by atoms with Gasteiger partial charge in [-0.25, -0.2) is 0 Å². The van der Waals surface area contributed by atoms with E-state index in [9.17, 15) is 14.4 Å². The van der Waals surface area contributed by atoms with Crippen molar-refractivity contribution in [3.63, 3.8) is 0 Å². The highest BCUT2D eigenvalue weighted by atomic mass is 35.5. The minimum atomic E-state index is -0.433. The van der Waals surface area contributed by atoms with Gasteiger partial charge in [0.25, 0.3) is 17.1 Å². The van der Waals surface area contributed by atoms with Gasteiger partial charge < -0.3 is 5.32 Å². The molecule has 2 aromatic rings. The maximum absolute atomic E-state index is 12.5. The lowest BCUT2D eigenvalue weighted by atomic mass is 10.2. The smallest absolute Gasteiger partial charge is 0.293 e. The Labute approximate surface area is 175 Å². The standard InChI is InChI=1S/C19H15Cl2N3O3S/c1-11-5-6-13(10-23-11)17(25)22-7-8-24-18(26)15(28-19(24)27)9-12-3-2-4-14(20)16(12)21/h2-6,9-10H,7-8H2,1H3,(H,22,25)/b15-9-. The molecular weight excluding hydrogens is 421 g/mol. The fourth-order valence-corrected chi connectivity index (χ4v) is 3.67. The lowest BCUT2D eigenvalue weighted by Gasteiger charge is -2.13. The van der Waals surface area contributed by atoms with Gasteiger partial charge in [-0.05, 0) is 48.5 Å². The predicted octanol–water partition coefficient (Wildman–Crippen LogP) is 4.16. The SMILES string of the molecule is Cc1ccc(C(=O)NCCN2C(=O)S/C(=C\c3cccc(Cl)c3Cl)C2=O)cn1. The summed E-state index contributed by atoms with van der Waals surface area (Å²) in [5.41, 5.74) is 1.77. The molecule has 1 aliphatic rings. The lowest BCUT2D eigenvalue weighted by Crippen LogP contribution is -2.37. The van der Waals surface area contributed by atoms with Crippen molar-refractivity contribution in [3.05, 3.63) is 68.3 Å². The Bertz CT molecular complexity index is 977. The average Bonchev–Trinajstić information content (AvgIpc) is 2.93. The molecule has 1 aliphatic heterocycles. The van der Waals surface area contributed by atoms with Crippen molar-refractivity contribution in [2.24, 2.45) is 0 Å². The minimum Gasteiger partial charge on any atom is -0.350 e. The van der Waals surface area contributed by atoms with E-state index in [1.807, 2.05) is 6.92 Å². The highest BCUT2D eigenvalue weighted by Crippen LogP contribution is 2.34. The summed E-state index contributed by atoms with van der Waals surface area (Å²) in [5.74, 6) is -0.752. The Balaban J connectivity index is 1.62. The number of carbonyl (C=O) groups is 3. The fraction of sp³-hybridized carbons (Fsp3) is 0.158. The highest BCUT2D eigenvalue weighted by Gasteiger charge is 2.34. The molecule has 0 radical (unpaired) electrons. The summed E-state index contributed by atoms with van der Waals surface area (Å²) in [4.78, 5) is 42.2. The second-order valence-corrected chi connectivity index (χ2v) is 7.70. The Morgan fingerprint density at radius 1 is 1.25 bits per heavy atom. The summed E-state index contributed by atoms with van der Waals surface area (Å²) in [6, 6.07) is 8.45. The van der Waals surface area contributed by atoms with Gasteiger partial charge in [0.05, 0.1) is 20.5 Å². The van der Waals surface area contributed by atoms with Crippen LogP contribution in [0.1, 0.15) is 21.6 Å². The van der Waals surface area contributed by atoms with E-state index in [0.29, 0.717) is 21.2 Å². The maximum atomic E-state index is 12.5. The zero-order valence-corrected chi connectivity index (χ0v) is 17.1. The third kappa shape index (κ3) is 4.55. The van der Waals surface area contributed by atoms with Crippen LogP contribution in [0.4, 0.5) is 4.79 Å². The number of aryl methyl sites for hydroxylation is 1. The lowest BCUT2D eigenvalue weighted by molar-refractivity contribution is -0.122. The van der Waals surface area contributed by atoms with E-state index >= 15 is 0 Å². The molecule has 0 bridgehead atoms. The number of rotatable bonds is 5. The van der Waals surface area contributed by atoms with Crippen LogP contribution in [0, 0.1) is 6.92 Å². The van der Waals surface area contributed by atoms with Gasteiger partial charge in [0, 0.05) is 25.0 Å². The largest absolute Gasteiger partial charge is 0.350 e. The number of pyridine rings is 1. The van der Waals surface area contributed by atoms with Crippen molar-refractivity contribution in [2.45, 2.75) is 6.92 Å². The summed E-state index contributed by atoms with van der Waals surface area (Å²) < 4.78 is 0. The van der Waals surface area contributed by atoms with Gasteiger partial charge in [0.15, 0.2) is 0 Å². The molecule has 9 heteroatoms. The van der Waals surface area contributed by atoms with E-state index in [4.69, 9.17) is 23.2 Å². The molecule has 1 N–H and O–H groups in total. The molecule has 1 aromatic carbocycles. The van der Waals surface area contributed by atoms with Crippen molar-refractivity contribution < 1.29 is 14.4 Å². The van der Waals surface area contributed by atoms with Gasteiger partial charge in [-0.15, -0.1) is 0 Å². The van der Waals surface area contributed by atoms with E-state index in [1.54, 1.807) is 30.3 Å². The first-order chi connectivity index (χ1) is 13.4. The minimum absolute atomic E-state index is 0.0658. The molecule has 1 aromatic heterocycles. The van der Waals surface area contributed by atoms with Gasteiger partial charge in [0.2, 0.25) is 0 Å². The van der Waals surface area contributed by atoms with Gasteiger partial charge >= 0.3 is 0 Å². The first kappa shape index (κ1) is 20.4. The molecule has 0 spiro atoms. The van der Waals surface area contributed by atoms with Crippen molar-refractivity contribution in [3.8, 4) is 0 Å². The Morgan fingerprint density at radius 2 is 2.04 bits per heavy atom. The van der Waals surface area contributed by atoms with Crippen LogP contribution in [0.3, 0.4) is 0 Å². The third-order valence-electron chi connectivity index (χ3n) is 3.94.